The number of hydrogen-bond donors (Lipinski definition) is 1. The Kier molecular flexibility index (Phi) is 6.45. The summed E-state index contributed by atoms with van der Waals surface area (Å²) in [4.78, 5) is 40.1. The molecule has 8 nitrogen and oxygen atoms in total. The summed E-state index contributed by atoms with van der Waals surface area (Å²) < 4.78 is 8.30. The van der Waals surface area contributed by atoms with E-state index in [1.165, 1.54) is 4.68 Å². The van der Waals surface area contributed by atoms with Gasteiger partial charge in [0, 0.05) is 29.2 Å². The highest BCUT2D eigenvalue weighted by molar-refractivity contribution is 7.26. The third kappa shape index (κ3) is 4.09. The molecule has 4 rings (SSSR count). The number of nitrogens with one attached hydrogen (secondary N) is 1. The molecule has 1 N–H and O–H groups in total. The molecule has 0 aliphatic carbocycles. The average Bonchev–Trinajstić information content (AvgIpc) is 3.19. The molecule has 0 saturated carbocycles. The van der Waals surface area contributed by atoms with Crippen molar-refractivity contribution in [3.63, 3.8) is 0 Å². The number of fused-ring (bicyclic) bond motifs is 3. The summed E-state index contributed by atoms with van der Waals surface area (Å²) in [6.07, 6.45) is 1.44. The lowest BCUT2D eigenvalue weighted by molar-refractivity contribution is -0.125. The van der Waals surface area contributed by atoms with Crippen LogP contribution in [0.15, 0.2) is 29.1 Å². The van der Waals surface area contributed by atoms with Crippen molar-refractivity contribution in [1.29, 1.82) is 0 Å². The number of likely N-dealkylation sites (tertiary alicyclic amines) is 1. The fourth-order valence-electron chi connectivity index (χ4n) is 4.28. The quantitative estimate of drug-likeness (QED) is 0.633. The zero-order valence-electron chi connectivity index (χ0n) is 18.6. The minimum absolute atomic E-state index is 0.0512. The van der Waals surface area contributed by atoms with E-state index in [4.69, 9.17) is 4.74 Å². The number of amides is 2. The second kappa shape index (κ2) is 9.28. The maximum atomic E-state index is 13.4. The summed E-state index contributed by atoms with van der Waals surface area (Å²) in [6.45, 7) is 6.95. The number of aromatic nitrogens is 2. The normalized spacial score (nSPS) is 15.8. The fraction of sp³-hybridized carbons (Fsp3) is 0.478. The van der Waals surface area contributed by atoms with Crippen LogP contribution in [0.4, 0.5) is 4.79 Å². The molecule has 2 aromatic heterocycles. The van der Waals surface area contributed by atoms with E-state index in [2.05, 4.69) is 10.4 Å². The zero-order chi connectivity index (χ0) is 22.8. The lowest BCUT2D eigenvalue weighted by Gasteiger charge is -2.32. The van der Waals surface area contributed by atoms with Crippen molar-refractivity contribution in [2.75, 3.05) is 19.7 Å². The molecule has 32 heavy (non-hydrogen) atoms. The zero-order valence-corrected chi connectivity index (χ0v) is 19.4. The Morgan fingerprint density at radius 3 is 2.66 bits per heavy atom. The number of carbonyl (C=O) groups excluding carboxylic acids is 2. The Hall–Kier alpha value is -2.94. The summed E-state index contributed by atoms with van der Waals surface area (Å²) in [6, 6.07) is 7.07. The molecule has 0 bridgehead atoms. The van der Waals surface area contributed by atoms with E-state index in [9.17, 15) is 14.4 Å². The maximum absolute atomic E-state index is 13.4. The predicted molar refractivity (Wildman–Crippen MR) is 125 cm³/mol. The van der Waals surface area contributed by atoms with Crippen LogP contribution in [0.3, 0.4) is 0 Å². The molecule has 0 unspecified atom stereocenters. The smallest absolute Gasteiger partial charge is 0.409 e. The summed E-state index contributed by atoms with van der Waals surface area (Å²) in [5, 5.41) is 9.13. The van der Waals surface area contributed by atoms with E-state index in [1.807, 2.05) is 38.1 Å². The van der Waals surface area contributed by atoms with Crippen LogP contribution in [-0.2, 0) is 9.53 Å². The molecule has 3 aromatic rings. The van der Waals surface area contributed by atoms with Crippen molar-refractivity contribution >= 4 is 43.5 Å². The minimum Gasteiger partial charge on any atom is -0.450 e. The van der Waals surface area contributed by atoms with Gasteiger partial charge in [0.1, 0.15) is 6.04 Å². The SMILES string of the molecule is CCOC(=O)N1CCC(NC(=O)[C@@H](CC)n2nc(C)c3sc4ccccc4c3c2=O)CC1. The highest BCUT2D eigenvalue weighted by atomic mass is 32.1. The highest BCUT2D eigenvalue weighted by Crippen LogP contribution is 2.33. The largest absolute Gasteiger partial charge is 0.450 e. The number of hydrogen-bond acceptors (Lipinski definition) is 6. The number of aryl methyl sites for hydroxylation is 1. The predicted octanol–water partition coefficient (Wildman–Crippen LogP) is 3.61. The topological polar surface area (TPSA) is 93.5 Å². The second-order valence-electron chi connectivity index (χ2n) is 8.03. The first-order valence-electron chi connectivity index (χ1n) is 11.1. The summed E-state index contributed by atoms with van der Waals surface area (Å²) in [5.74, 6) is -0.213. The molecule has 0 spiro atoms. The monoisotopic (exact) mass is 456 g/mol. The van der Waals surface area contributed by atoms with Crippen LogP contribution >= 0.6 is 11.3 Å². The first kappa shape index (κ1) is 22.3. The van der Waals surface area contributed by atoms with Gasteiger partial charge in [-0.1, -0.05) is 25.1 Å². The van der Waals surface area contributed by atoms with Crippen LogP contribution in [0, 0.1) is 6.92 Å². The Labute approximate surface area is 190 Å². The highest BCUT2D eigenvalue weighted by Gasteiger charge is 2.29. The Morgan fingerprint density at radius 2 is 1.97 bits per heavy atom. The van der Waals surface area contributed by atoms with Crippen LogP contribution in [0.1, 0.15) is 44.8 Å². The number of carbonyl (C=O) groups is 2. The lowest BCUT2D eigenvalue weighted by atomic mass is 10.0. The molecule has 3 heterocycles. The summed E-state index contributed by atoms with van der Waals surface area (Å²) >= 11 is 1.55. The number of benzene rings is 1. The van der Waals surface area contributed by atoms with E-state index >= 15 is 0 Å². The van der Waals surface area contributed by atoms with Gasteiger partial charge in [0.2, 0.25) is 5.91 Å². The number of nitrogens with zero attached hydrogens (tertiary/aromatic N) is 3. The van der Waals surface area contributed by atoms with Gasteiger partial charge in [-0.3, -0.25) is 9.59 Å². The van der Waals surface area contributed by atoms with Crippen LogP contribution in [-0.4, -0.2) is 52.4 Å². The van der Waals surface area contributed by atoms with Crippen molar-refractivity contribution in [1.82, 2.24) is 20.0 Å². The van der Waals surface area contributed by atoms with E-state index in [0.717, 1.165) is 20.5 Å². The van der Waals surface area contributed by atoms with Gasteiger partial charge in [-0.25, -0.2) is 9.48 Å². The standard InChI is InChI=1S/C23H28N4O4S/c1-4-17(21(28)24-15-10-12-26(13-11-15)23(30)31-5-2)27-22(29)19-16-8-6-7-9-18(16)32-20(19)14(3)25-27/h6-9,15,17H,4-5,10-13H2,1-3H3,(H,24,28)/t17-/m1/s1. The van der Waals surface area contributed by atoms with Gasteiger partial charge in [0.25, 0.3) is 5.56 Å². The number of rotatable bonds is 5. The number of thiophene rings is 1. The Morgan fingerprint density at radius 1 is 1.25 bits per heavy atom. The first-order valence-corrected chi connectivity index (χ1v) is 11.9. The molecule has 1 saturated heterocycles. The van der Waals surface area contributed by atoms with Crippen molar-refractivity contribution in [2.24, 2.45) is 0 Å². The van der Waals surface area contributed by atoms with Gasteiger partial charge < -0.3 is 15.0 Å². The average molecular weight is 457 g/mol. The Bertz CT molecular complexity index is 1210. The molecule has 1 aliphatic heterocycles. The van der Waals surface area contributed by atoms with Crippen LogP contribution in [0.25, 0.3) is 20.2 Å². The fourth-order valence-corrected chi connectivity index (χ4v) is 5.41. The lowest BCUT2D eigenvalue weighted by Crippen LogP contribution is -2.49. The first-order chi connectivity index (χ1) is 15.4. The molecule has 1 aromatic carbocycles. The van der Waals surface area contributed by atoms with E-state index in [-0.39, 0.29) is 23.6 Å². The second-order valence-corrected chi connectivity index (χ2v) is 9.08. The van der Waals surface area contributed by atoms with Crippen LogP contribution in [0.2, 0.25) is 0 Å². The maximum Gasteiger partial charge on any atom is 0.409 e. The van der Waals surface area contributed by atoms with Crippen molar-refractivity contribution in [2.45, 2.75) is 52.1 Å². The minimum atomic E-state index is -0.688. The molecule has 1 atom stereocenters. The van der Waals surface area contributed by atoms with Crippen molar-refractivity contribution in [3.8, 4) is 0 Å². The molecule has 1 aliphatic rings. The van der Waals surface area contributed by atoms with Gasteiger partial charge in [0.05, 0.1) is 22.4 Å². The molecule has 170 valence electrons. The third-order valence-corrected chi connectivity index (χ3v) is 7.24. The third-order valence-electron chi connectivity index (χ3n) is 5.96. The number of piperidine rings is 1. The van der Waals surface area contributed by atoms with Gasteiger partial charge in [-0.05, 0) is 39.2 Å². The van der Waals surface area contributed by atoms with E-state index in [1.54, 1.807) is 23.2 Å². The molecular formula is C23H28N4O4S. The summed E-state index contributed by atoms with van der Waals surface area (Å²) in [7, 11) is 0. The molecule has 9 heteroatoms. The van der Waals surface area contributed by atoms with Crippen LogP contribution in [0.5, 0.6) is 0 Å². The van der Waals surface area contributed by atoms with Gasteiger partial charge in [0.15, 0.2) is 0 Å². The number of ether oxygens (including phenoxy) is 1. The van der Waals surface area contributed by atoms with Crippen LogP contribution < -0.4 is 10.9 Å². The van der Waals surface area contributed by atoms with Gasteiger partial charge >= 0.3 is 6.09 Å². The van der Waals surface area contributed by atoms with E-state index in [0.29, 0.717) is 44.3 Å². The molecule has 0 radical (unpaired) electrons. The Balaban J connectivity index is 1.56. The molecular weight excluding hydrogens is 428 g/mol. The van der Waals surface area contributed by atoms with Crippen molar-refractivity contribution < 1.29 is 14.3 Å². The van der Waals surface area contributed by atoms with Crippen molar-refractivity contribution in [3.05, 3.63) is 40.3 Å². The summed E-state index contributed by atoms with van der Waals surface area (Å²) in [5.41, 5.74) is 0.511. The van der Waals surface area contributed by atoms with E-state index < -0.39 is 6.04 Å². The van der Waals surface area contributed by atoms with Gasteiger partial charge in [-0.15, -0.1) is 11.3 Å². The van der Waals surface area contributed by atoms with Gasteiger partial charge in [-0.2, -0.15) is 5.10 Å². The molecule has 2 amide bonds. The molecule has 1 fully saturated rings.